The number of carbonyl (C=O) groups is 1. The molecule has 0 unspecified atom stereocenters. The number of aromatic nitrogens is 2. The van der Waals surface area contributed by atoms with E-state index in [2.05, 4.69) is 14.5 Å². The van der Waals surface area contributed by atoms with Gasteiger partial charge in [-0.3, -0.25) is 9.69 Å². The van der Waals surface area contributed by atoms with Gasteiger partial charge in [0.05, 0.1) is 12.0 Å². The van der Waals surface area contributed by atoms with Crippen LogP contribution in [0.4, 0.5) is 0 Å². The first kappa shape index (κ1) is 13.6. The maximum absolute atomic E-state index is 11.3. The Morgan fingerprint density at radius 2 is 2.05 bits per heavy atom. The predicted octanol–water partition coefficient (Wildman–Crippen LogP) is 2.44. The van der Waals surface area contributed by atoms with Crippen molar-refractivity contribution in [2.24, 2.45) is 0 Å². The Balaban J connectivity index is 1.71. The molecule has 2 heterocycles. The molecule has 1 aromatic heterocycles. The highest BCUT2D eigenvalue weighted by atomic mass is 16.4. The van der Waals surface area contributed by atoms with E-state index in [1.807, 2.05) is 12.5 Å². The molecule has 0 bridgehead atoms. The quantitative estimate of drug-likeness (QED) is 0.918. The van der Waals surface area contributed by atoms with Crippen LogP contribution in [0.15, 0.2) is 12.5 Å². The number of likely N-dealkylation sites (tertiary alicyclic amines) is 1. The monoisotopic (exact) mass is 277 g/mol. The zero-order chi connectivity index (χ0) is 13.9. The van der Waals surface area contributed by atoms with Gasteiger partial charge in [0, 0.05) is 18.8 Å². The number of hydrogen-bond acceptors (Lipinski definition) is 3. The van der Waals surface area contributed by atoms with Crippen molar-refractivity contribution in [1.29, 1.82) is 0 Å². The van der Waals surface area contributed by atoms with Crippen LogP contribution < -0.4 is 0 Å². The number of imidazole rings is 1. The number of hydrogen-bond donors (Lipinski definition) is 1. The summed E-state index contributed by atoms with van der Waals surface area (Å²) in [4.78, 5) is 17.6. The molecule has 2 aliphatic rings. The van der Waals surface area contributed by atoms with Gasteiger partial charge in [-0.15, -0.1) is 0 Å². The topological polar surface area (TPSA) is 58.4 Å². The van der Waals surface area contributed by atoms with Crippen LogP contribution in [0, 0.1) is 0 Å². The van der Waals surface area contributed by atoms with Crippen LogP contribution in [0.1, 0.15) is 56.7 Å². The second kappa shape index (κ2) is 5.95. The second-order valence-electron chi connectivity index (χ2n) is 6.05. The van der Waals surface area contributed by atoms with Gasteiger partial charge in [-0.05, 0) is 32.2 Å². The Labute approximate surface area is 119 Å². The third kappa shape index (κ3) is 2.73. The molecular formula is C15H23N3O2. The fraction of sp³-hybridized carbons (Fsp3) is 0.733. The van der Waals surface area contributed by atoms with Crippen molar-refractivity contribution in [2.45, 2.75) is 63.6 Å². The van der Waals surface area contributed by atoms with Gasteiger partial charge in [-0.25, -0.2) is 4.98 Å². The standard InChI is InChI=1S/C15H23N3O2/c19-15(20)14-7-4-8-17(14)10-13-9-16-11-18(13)12-5-2-1-3-6-12/h9,11-12,14H,1-8,10H2,(H,19,20)/t14-/m0/s1. The van der Waals surface area contributed by atoms with E-state index >= 15 is 0 Å². The fourth-order valence-electron chi connectivity index (χ4n) is 3.65. The van der Waals surface area contributed by atoms with Crippen molar-refractivity contribution in [2.75, 3.05) is 6.54 Å². The third-order valence-corrected chi connectivity index (χ3v) is 4.73. The number of aliphatic carboxylic acids is 1. The van der Waals surface area contributed by atoms with Crippen molar-refractivity contribution in [3.8, 4) is 0 Å². The van der Waals surface area contributed by atoms with Crippen molar-refractivity contribution in [3.05, 3.63) is 18.2 Å². The molecule has 1 N–H and O–H groups in total. The molecule has 5 heteroatoms. The molecule has 0 spiro atoms. The summed E-state index contributed by atoms with van der Waals surface area (Å²) < 4.78 is 2.29. The maximum Gasteiger partial charge on any atom is 0.320 e. The van der Waals surface area contributed by atoms with Gasteiger partial charge in [0.15, 0.2) is 0 Å². The third-order valence-electron chi connectivity index (χ3n) is 4.73. The zero-order valence-electron chi connectivity index (χ0n) is 11.9. The summed E-state index contributed by atoms with van der Waals surface area (Å²) in [7, 11) is 0. The number of carboxylic acids is 1. The Morgan fingerprint density at radius 3 is 2.80 bits per heavy atom. The lowest BCUT2D eigenvalue weighted by atomic mass is 9.95. The lowest BCUT2D eigenvalue weighted by molar-refractivity contribution is -0.142. The van der Waals surface area contributed by atoms with Gasteiger partial charge in [0.2, 0.25) is 0 Å². The SMILES string of the molecule is O=C(O)[C@@H]1CCCN1Cc1cncn1C1CCCCC1. The van der Waals surface area contributed by atoms with Crippen LogP contribution in [-0.2, 0) is 11.3 Å². The summed E-state index contributed by atoms with van der Waals surface area (Å²) in [6, 6.07) is 0.247. The van der Waals surface area contributed by atoms with E-state index in [-0.39, 0.29) is 6.04 Å². The van der Waals surface area contributed by atoms with Crippen LogP contribution in [0.3, 0.4) is 0 Å². The lowest BCUT2D eigenvalue weighted by Gasteiger charge is -2.27. The van der Waals surface area contributed by atoms with Gasteiger partial charge < -0.3 is 9.67 Å². The Hall–Kier alpha value is -1.36. The molecule has 3 rings (SSSR count). The number of carboxylic acid groups (broad SMARTS) is 1. The summed E-state index contributed by atoms with van der Waals surface area (Å²) in [5, 5.41) is 9.27. The van der Waals surface area contributed by atoms with Crippen LogP contribution >= 0.6 is 0 Å². The molecule has 1 aliphatic heterocycles. The zero-order valence-corrected chi connectivity index (χ0v) is 11.9. The molecule has 5 nitrogen and oxygen atoms in total. The molecule has 1 atom stereocenters. The van der Waals surface area contributed by atoms with E-state index in [1.165, 1.54) is 37.8 Å². The molecule has 0 aromatic carbocycles. The molecule has 0 amide bonds. The first-order valence-electron chi connectivity index (χ1n) is 7.73. The van der Waals surface area contributed by atoms with Crippen LogP contribution in [0.2, 0.25) is 0 Å². The summed E-state index contributed by atoms with van der Waals surface area (Å²) in [5.41, 5.74) is 1.17. The summed E-state index contributed by atoms with van der Waals surface area (Å²) in [5.74, 6) is -0.689. The molecule has 20 heavy (non-hydrogen) atoms. The van der Waals surface area contributed by atoms with E-state index in [4.69, 9.17) is 0 Å². The van der Waals surface area contributed by atoms with Crippen molar-refractivity contribution in [3.63, 3.8) is 0 Å². The van der Waals surface area contributed by atoms with E-state index in [0.29, 0.717) is 12.6 Å². The summed E-state index contributed by atoms with van der Waals surface area (Å²) in [6.45, 7) is 1.60. The van der Waals surface area contributed by atoms with E-state index in [0.717, 1.165) is 19.4 Å². The number of rotatable bonds is 4. The van der Waals surface area contributed by atoms with Gasteiger partial charge >= 0.3 is 5.97 Å². The van der Waals surface area contributed by atoms with Gasteiger partial charge in [-0.2, -0.15) is 0 Å². The molecule has 1 aromatic rings. The number of nitrogens with zero attached hydrogens (tertiary/aromatic N) is 3. The van der Waals surface area contributed by atoms with Gasteiger partial charge in [0.1, 0.15) is 6.04 Å². The maximum atomic E-state index is 11.3. The predicted molar refractivity (Wildman–Crippen MR) is 75.4 cm³/mol. The second-order valence-corrected chi connectivity index (χ2v) is 6.05. The minimum absolute atomic E-state index is 0.315. The molecule has 1 saturated heterocycles. The minimum atomic E-state index is -0.689. The van der Waals surface area contributed by atoms with Crippen molar-refractivity contribution < 1.29 is 9.90 Å². The highest BCUT2D eigenvalue weighted by Crippen LogP contribution is 2.30. The van der Waals surface area contributed by atoms with Crippen molar-refractivity contribution in [1.82, 2.24) is 14.5 Å². The van der Waals surface area contributed by atoms with Crippen LogP contribution in [-0.4, -0.2) is 38.1 Å². The normalized spacial score (nSPS) is 25.1. The average molecular weight is 277 g/mol. The fourth-order valence-corrected chi connectivity index (χ4v) is 3.65. The molecule has 0 radical (unpaired) electrons. The first-order chi connectivity index (χ1) is 9.75. The largest absolute Gasteiger partial charge is 0.480 e. The summed E-state index contributed by atoms with van der Waals surface area (Å²) in [6.07, 6.45) is 12.0. The molecular weight excluding hydrogens is 254 g/mol. The molecule has 2 fully saturated rings. The Morgan fingerprint density at radius 1 is 1.25 bits per heavy atom. The first-order valence-corrected chi connectivity index (χ1v) is 7.73. The molecule has 110 valence electrons. The highest BCUT2D eigenvalue weighted by molar-refractivity contribution is 5.73. The summed E-state index contributed by atoms with van der Waals surface area (Å²) >= 11 is 0. The van der Waals surface area contributed by atoms with Crippen LogP contribution in [0.25, 0.3) is 0 Å². The lowest BCUT2D eigenvalue weighted by Crippen LogP contribution is -2.36. The Bertz CT molecular complexity index is 465. The smallest absolute Gasteiger partial charge is 0.320 e. The van der Waals surface area contributed by atoms with E-state index in [9.17, 15) is 9.90 Å². The molecule has 1 aliphatic carbocycles. The highest BCUT2D eigenvalue weighted by Gasteiger charge is 2.31. The van der Waals surface area contributed by atoms with Gasteiger partial charge in [-0.1, -0.05) is 19.3 Å². The average Bonchev–Trinajstić information content (AvgIpc) is 3.09. The van der Waals surface area contributed by atoms with E-state index in [1.54, 1.807) is 0 Å². The van der Waals surface area contributed by atoms with Gasteiger partial charge in [0.25, 0.3) is 0 Å². The van der Waals surface area contributed by atoms with E-state index < -0.39 is 5.97 Å². The molecule has 1 saturated carbocycles. The van der Waals surface area contributed by atoms with Crippen molar-refractivity contribution >= 4 is 5.97 Å². The van der Waals surface area contributed by atoms with Crippen LogP contribution in [0.5, 0.6) is 0 Å². The Kier molecular flexibility index (Phi) is 4.05. The minimum Gasteiger partial charge on any atom is -0.480 e.